The zero-order chi connectivity index (χ0) is 19.2. The summed E-state index contributed by atoms with van der Waals surface area (Å²) in [4.78, 5) is 27.3. The van der Waals surface area contributed by atoms with Gasteiger partial charge in [0.1, 0.15) is 11.8 Å². The largest absolute Gasteiger partial charge is 0.494 e. The van der Waals surface area contributed by atoms with Crippen LogP contribution >= 0.6 is 0 Å². The van der Waals surface area contributed by atoms with Gasteiger partial charge in [0, 0.05) is 17.8 Å². The first kappa shape index (κ1) is 19.0. The minimum absolute atomic E-state index is 0.0815. The number of anilines is 1. The van der Waals surface area contributed by atoms with Crippen molar-refractivity contribution in [2.45, 2.75) is 39.2 Å². The van der Waals surface area contributed by atoms with Gasteiger partial charge in [-0.25, -0.2) is 0 Å². The summed E-state index contributed by atoms with van der Waals surface area (Å²) in [7, 11) is 0. The first-order valence-electron chi connectivity index (χ1n) is 9.56. The Hall–Kier alpha value is -2.82. The minimum Gasteiger partial charge on any atom is -0.494 e. The number of hydrogen-bond acceptors (Lipinski definition) is 3. The average molecular weight is 366 g/mol. The Labute approximate surface area is 160 Å². The predicted octanol–water partition coefficient (Wildman–Crippen LogP) is 3.89. The van der Waals surface area contributed by atoms with E-state index in [-0.39, 0.29) is 11.8 Å². The Bertz CT molecular complexity index is 784. The molecule has 0 spiro atoms. The molecule has 2 aromatic carbocycles. The molecule has 0 unspecified atom stereocenters. The van der Waals surface area contributed by atoms with Crippen molar-refractivity contribution >= 4 is 17.5 Å². The summed E-state index contributed by atoms with van der Waals surface area (Å²) in [5, 5.41) is 2.92. The van der Waals surface area contributed by atoms with Crippen LogP contribution in [0.2, 0.25) is 0 Å². The molecule has 1 heterocycles. The lowest BCUT2D eigenvalue weighted by Gasteiger charge is -2.24. The minimum atomic E-state index is -0.435. The van der Waals surface area contributed by atoms with Crippen LogP contribution in [0.1, 0.15) is 42.6 Å². The zero-order valence-corrected chi connectivity index (χ0v) is 15.9. The number of carbonyl (C=O) groups is 2. The molecule has 1 N–H and O–H groups in total. The number of amides is 2. The van der Waals surface area contributed by atoms with Crippen LogP contribution in [0.4, 0.5) is 5.69 Å². The molecule has 0 saturated carbocycles. The summed E-state index contributed by atoms with van der Waals surface area (Å²) in [5.74, 6) is 0.542. The van der Waals surface area contributed by atoms with E-state index in [1.54, 1.807) is 4.90 Å². The maximum Gasteiger partial charge on any atom is 0.254 e. The maximum atomic E-state index is 12.9. The number of nitrogens with zero attached hydrogens (tertiary/aromatic N) is 1. The van der Waals surface area contributed by atoms with Gasteiger partial charge >= 0.3 is 0 Å². The molecule has 0 aliphatic carbocycles. The second kappa shape index (κ2) is 8.71. The molecule has 5 heteroatoms. The van der Waals surface area contributed by atoms with Crippen molar-refractivity contribution in [1.29, 1.82) is 0 Å². The summed E-state index contributed by atoms with van der Waals surface area (Å²) in [6.07, 6.45) is 2.45. The molecule has 5 nitrogen and oxygen atoms in total. The molecule has 1 aliphatic heterocycles. The highest BCUT2D eigenvalue weighted by Gasteiger charge is 2.34. The first-order chi connectivity index (χ1) is 13.1. The highest BCUT2D eigenvalue weighted by atomic mass is 16.5. The van der Waals surface area contributed by atoms with Crippen molar-refractivity contribution < 1.29 is 14.3 Å². The lowest BCUT2D eigenvalue weighted by molar-refractivity contribution is -0.119. The molecule has 1 saturated heterocycles. The number of ether oxygens (including phenoxy) is 1. The van der Waals surface area contributed by atoms with Gasteiger partial charge in [0.15, 0.2) is 0 Å². The van der Waals surface area contributed by atoms with Gasteiger partial charge in [0.25, 0.3) is 5.91 Å². The monoisotopic (exact) mass is 366 g/mol. The zero-order valence-electron chi connectivity index (χ0n) is 15.9. The maximum absolute atomic E-state index is 12.9. The molecule has 1 fully saturated rings. The Balaban J connectivity index is 1.67. The summed E-state index contributed by atoms with van der Waals surface area (Å²) >= 11 is 0. The Morgan fingerprint density at radius 3 is 2.41 bits per heavy atom. The first-order valence-corrected chi connectivity index (χ1v) is 9.56. The predicted molar refractivity (Wildman–Crippen MR) is 106 cm³/mol. The van der Waals surface area contributed by atoms with Gasteiger partial charge in [0.2, 0.25) is 5.91 Å². The quantitative estimate of drug-likeness (QED) is 0.844. The lowest BCUT2D eigenvalue weighted by atomic mass is 10.1. The molecule has 1 aliphatic rings. The fourth-order valence-corrected chi connectivity index (χ4v) is 3.36. The Kier molecular flexibility index (Phi) is 6.12. The molecule has 0 aromatic heterocycles. The van der Waals surface area contributed by atoms with Gasteiger partial charge in [0.05, 0.1) is 6.61 Å². The van der Waals surface area contributed by atoms with E-state index in [2.05, 4.69) is 12.2 Å². The summed E-state index contributed by atoms with van der Waals surface area (Å²) in [6.45, 7) is 5.22. The fraction of sp³-hybridized carbons (Fsp3) is 0.364. The third kappa shape index (κ3) is 4.48. The van der Waals surface area contributed by atoms with Crippen molar-refractivity contribution in [2.24, 2.45) is 0 Å². The average Bonchev–Trinajstić information content (AvgIpc) is 3.19. The van der Waals surface area contributed by atoms with Crippen LogP contribution in [0.5, 0.6) is 5.75 Å². The Morgan fingerprint density at radius 1 is 1.07 bits per heavy atom. The van der Waals surface area contributed by atoms with Crippen LogP contribution < -0.4 is 10.1 Å². The third-order valence-corrected chi connectivity index (χ3v) is 4.86. The molecule has 0 bridgehead atoms. The molecule has 3 rings (SSSR count). The number of carbonyl (C=O) groups excluding carboxylic acids is 2. The van der Waals surface area contributed by atoms with Crippen LogP contribution in [0.15, 0.2) is 48.5 Å². The second-order valence-corrected chi connectivity index (χ2v) is 6.65. The number of rotatable bonds is 6. The van der Waals surface area contributed by atoms with Crippen molar-refractivity contribution in [3.05, 3.63) is 59.7 Å². The number of likely N-dealkylation sites (tertiary alicyclic amines) is 1. The molecule has 2 amide bonds. The topological polar surface area (TPSA) is 58.6 Å². The highest BCUT2D eigenvalue weighted by Crippen LogP contribution is 2.23. The lowest BCUT2D eigenvalue weighted by Crippen LogP contribution is -2.43. The van der Waals surface area contributed by atoms with E-state index in [1.807, 2.05) is 55.5 Å². The molecular weight excluding hydrogens is 340 g/mol. The summed E-state index contributed by atoms with van der Waals surface area (Å²) in [5.41, 5.74) is 2.53. The molecule has 2 aromatic rings. The second-order valence-electron chi connectivity index (χ2n) is 6.65. The molecule has 27 heavy (non-hydrogen) atoms. The number of aryl methyl sites for hydroxylation is 1. The van der Waals surface area contributed by atoms with Crippen LogP contribution in [-0.2, 0) is 11.2 Å². The Morgan fingerprint density at radius 2 is 1.78 bits per heavy atom. The van der Waals surface area contributed by atoms with Crippen molar-refractivity contribution in [2.75, 3.05) is 18.5 Å². The van der Waals surface area contributed by atoms with Gasteiger partial charge in [-0.05, 0) is 68.1 Å². The molecule has 1 atom stereocenters. The third-order valence-electron chi connectivity index (χ3n) is 4.86. The van der Waals surface area contributed by atoms with Crippen molar-refractivity contribution in [3.8, 4) is 5.75 Å². The van der Waals surface area contributed by atoms with Gasteiger partial charge in [-0.2, -0.15) is 0 Å². The molecular formula is C22H26N2O3. The van der Waals surface area contributed by atoms with E-state index >= 15 is 0 Å². The van der Waals surface area contributed by atoms with Crippen molar-refractivity contribution in [3.63, 3.8) is 0 Å². The fourth-order valence-electron chi connectivity index (χ4n) is 3.36. The van der Waals surface area contributed by atoms with E-state index in [1.165, 1.54) is 5.56 Å². The van der Waals surface area contributed by atoms with E-state index in [9.17, 15) is 9.59 Å². The van der Waals surface area contributed by atoms with E-state index in [4.69, 9.17) is 4.74 Å². The highest BCUT2D eigenvalue weighted by molar-refractivity contribution is 6.01. The van der Waals surface area contributed by atoms with Crippen LogP contribution in [0, 0.1) is 0 Å². The van der Waals surface area contributed by atoms with Crippen molar-refractivity contribution in [1.82, 2.24) is 4.90 Å². The van der Waals surface area contributed by atoms with Gasteiger partial charge in [-0.1, -0.05) is 19.1 Å². The standard InChI is InChI=1S/C22H26N2O3/c1-3-16-7-9-17(10-8-16)22(26)24-15-5-6-20(24)21(25)23-18-11-13-19(14-12-18)27-4-2/h7-14,20H,3-6,15H2,1-2H3,(H,23,25)/t20-/m0/s1. The van der Waals surface area contributed by atoms with E-state index in [0.29, 0.717) is 30.8 Å². The number of benzene rings is 2. The van der Waals surface area contributed by atoms with Gasteiger partial charge in [-0.15, -0.1) is 0 Å². The van der Waals surface area contributed by atoms with Crippen LogP contribution in [0.3, 0.4) is 0 Å². The smallest absolute Gasteiger partial charge is 0.254 e. The molecule has 142 valence electrons. The van der Waals surface area contributed by atoms with E-state index < -0.39 is 6.04 Å². The van der Waals surface area contributed by atoms with Crippen LogP contribution in [0.25, 0.3) is 0 Å². The SMILES string of the molecule is CCOc1ccc(NC(=O)[C@@H]2CCCN2C(=O)c2ccc(CC)cc2)cc1. The van der Waals surface area contributed by atoms with Gasteiger partial charge in [-0.3, -0.25) is 9.59 Å². The van der Waals surface area contributed by atoms with Gasteiger partial charge < -0.3 is 15.0 Å². The normalized spacial score (nSPS) is 16.2. The summed E-state index contributed by atoms with van der Waals surface area (Å²) < 4.78 is 5.41. The molecule has 0 radical (unpaired) electrons. The summed E-state index contributed by atoms with van der Waals surface area (Å²) in [6, 6.07) is 14.5. The number of hydrogen-bond donors (Lipinski definition) is 1. The van der Waals surface area contributed by atoms with Crippen LogP contribution in [-0.4, -0.2) is 35.9 Å². The van der Waals surface area contributed by atoms with E-state index in [0.717, 1.165) is 18.6 Å². The number of nitrogens with one attached hydrogen (secondary N) is 1.